The van der Waals surface area contributed by atoms with Gasteiger partial charge < -0.3 is 11.1 Å². The fourth-order valence-corrected chi connectivity index (χ4v) is 2.64. The van der Waals surface area contributed by atoms with E-state index in [0.717, 1.165) is 31.6 Å². The standard InChI is InChI=1S/C15H22N4O/c1-2-3-4-11-5-7-12(8-6-11)15(20)19-14(10-17)13(18)9-16/h11-12H,2-8,18H2,1H3,(H,19,20)/b14-13-. The third kappa shape index (κ3) is 4.59. The van der Waals surface area contributed by atoms with Gasteiger partial charge in [-0.25, -0.2) is 0 Å². The molecule has 0 aromatic rings. The predicted octanol–water partition coefficient (Wildman–Crippen LogP) is 2.32. The maximum absolute atomic E-state index is 12.0. The van der Waals surface area contributed by atoms with Crippen molar-refractivity contribution in [3.05, 3.63) is 11.4 Å². The van der Waals surface area contributed by atoms with E-state index in [-0.39, 0.29) is 23.2 Å². The molecule has 0 saturated heterocycles. The summed E-state index contributed by atoms with van der Waals surface area (Å²) in [6.07, 6.45) is 7.55. The van der Waals surface area contributed by atoms with Gasteiger partial charge in [-0.2, -0.15) is 10.5 Å². The zero-order valence-electron chi connectivity index (χ0n) is 12.0. The number of unbranched alkanes of at least 4 members (excludes halogenated alkanes) is 1. The second kappa shape index (κ2) is 8.22. The summed E-state index contributed by atoms with van der Waals surface area (Å²) in [5.74, 6) is 0.477. The SMILES string of the molecule is CCCCC1CCC(C(=O)N/C(C#N)=C(\N)C#N)CC1. The van der Waals surface area contributed by atoms with Crippen LogP contribution < -0.4 is 11.1 Å². The van der Waals surface area contributed by atoms with Crippen LogP contribution in [-0.4, -0.2) is 5.91 Å². The number of rotatable bonds is 5. The Morgan fingerprint density at radius 2 is 1.90 bits per heavy atom. The number of nitrogens with zero attached hydrogens (tertiary/aromatic N) is 2. The Labute approximate surface area is 120 Å². The molecule has 0 spiro atoms. The minimum absolute atomic E-state index is 0.0669. The smallest absolute Gasteiger partial charge is 0.228 e. The summed E-state index contributed by atoms with van der Waals surface area (Å²) < 4.78 is 0. The average molecular weight is 274 g/mol. The van der Waals surface area contributed by atoms with Gasteiger partial charge in [0.15, 0.2) is 5.70 Å². The lowest BCUT2D eigenvalue weighted by atomic mass is 9.79. The highest BCUT2D eigenvalue weighted by Crippen LogP contribution is 2.32. The van der Waals surface area contributed by atoms with Gasteiger partial charge in [-0.15, -0.1) is 0 Å². The van der Waals surface area contributed by atoms with Crippen molar-refractivity contribution in [1.29, 1.82) is 10.5 Å². The zero-order valence-corrected chi connectivity index (χ0v) is 12.0. The first kappa shape index (κ1) is 16.0. The molecular weight excluding hydrogens is 252 g/mol. The van der Waals surface area contributed by atoms with Gasteiger partial charge in [0, 0.05) is 5.92 Å². The van der Waals surface area contributed by atoms with Crippen LogP contribution in [0.15, 0.2) is 11.4 Å². The van der Waals surface area contributed by atoms with Crippen molar-refractivity contribution < 1.29 is 4.79 Å². The fourth-order valence-electron chi connectivity index (χ4n) is 2.64. The Kier molecular flexibility index (Phi) is 6.59. The van der Waals surface area contributed by atoms with Crippen LogP contribution in [0.1, 0.15) is 51.9 Å². The maximum atomic E-state index is 12.0. The van der Waals surface area contributed by atoms with E-state index in [9.17, 15) is 4.79 Å². The first-order valence-corrected chi connectivity index (χ1v) is 7.23. The molecule has 0 aromatic heterocycles. The van der Waals surface area contributed by atoms with E-state index >= 15 is 0 Å². The first-order valence-electron chi connectivity index (χ1n) is 7.23. The van der Waals surface area contributed by atoms with Crippen LogP contribution in [0.25, 0.3) is 0 Å². The van der Waals surface area contributed by atoms with Gasteiger partial charge >= 0.3 is 0 Å². The van der Waals surface area contributed by atoms with Crippen molar-refractivity contribution >= 4 is 5.91 Å². The number of allylic oxidation sites excluding steroid dienone is 2. The molecule has 0 aromatic carbocycles. The molecular formula is C15H22N4O. The van der Waals surface area contributed by atoms with E-state index in [4.69, 9.17) is 16.3 Å². The van der Waals surface area contributed by atoms with Crippen LogP contribution in [0.4, 0.5) is 0 Å². The molecule has 0 radical (unpaired) electrons. The van der Waals surface area contributed by atoms with Gasteiger partial charge in [-0.05, 0) is 31.6 Å². The van der Waals surface area contributed by atoms with Crippen molar-refractivity contribution in [3.8, 4) is 12.1 Å². The molecule has 5 nitrogen and oxygen atoms in total. The van der Waals surface area contributed by atoms with Crippen LogP contribution in [0.2, 0.25) is 0 Å². The van der Waals surface area contributed by atoms with Crippen molar-refractivity contribution in [2.45, 2.75) is 51.9 Å². The van der Waals surface area contributed by atoms with Crippen LogP contribution in [-0.2, 0) is 4.79 Å². The number of carbonyl (C=O) groups excluding carboxylic acids is 1. The lowest BCUT2D eigenvalue weighted by Crippen LogP contribution is -2.33. The Morgan fingerprint density at radius 1 is 1.25 bits per heavy atom. The van der Waals surface area contributed by atoms with Crippen LogP contribution in [0, 0.1) is 34.5 Å². The van der Waals surface area contributed by atoms with Gasteiger partial charge in [-0.1, -0.05) is 26.2 Å². The number of hydrogen-bond acceptors (Lipinski definition) is 4. The molecule has 1 saturated carbocycles. The number of carbonyl (C=O) groups is 1. The number of nitrogens with one attached hydrogen (secondary N) is 1. The van der Waals surface area contributed by atoms with Crippen molar-refractivity contribution in [1.82, 2.24) is 5.32 Å². The van der Waals surface area contributed by atoms with E-state index in [1.54, 1.807) is 12.1 Å². The summed E-state index contributed by atoms with van der Waals surface area (Å²) in [6.45, 7) is 2.19. The van der Waals surface area contributed by atoms with E-state index in [0.29, 0.717) is 0 Å². The summed E-state index contributed by atoms with van der Waals surface area (Å²) in [7, 11) is 0. The number of amides is 1. The maximum Gasteiger partial charge on any atom is 0.228 e. The normalized spacial score (nSPS) is 23.1. The van der Waals surface area contributed by atoms with Crippen molar-refractivity contribution in [2.24, 2.45) is 17.6 Å². The van der Waals surface area contributed by atoms with Crippen molar-refractivity contribution in [3.63, 3.8) is 0 Å². The largest absolute Gasteiger partial charge is 0.388 e. The molecule has 5 heteroatoms. The van der Waals surface area contributed by atoms with Crippen LogP contribution >= 0.6 is 0 Å². The van der Waals surface area contributed by atoms with E-state index in [1.807, 2.05) is 0 Å². The highest BCUT2D eigenvalue weighted by atomic mass is 16.1. The minimum Gasteiger partial charge on any atom is -0.388 e. The molecule has 20 heavy (non-hydrogen) atoms. The zero-order chi connectivity index (χ0) is 15.0. The second-order valence-electron chi connectivity index (χ2n) is 5.36. The number of hydrogen-bond donors (Lipinski definition) is 2. The van der Waals surface area contributed by atoms with Gasteiger partial charge in [0.1, 0.15) is 17.8 Å². The van der Waals surface area contributed by atoms with E-state index in [1.165, 1.54) is 19.3 Å². The monoisotopic (exact) mass is 274 g/mol. The molecule has 0 bridgehead atoms. The molecule has 1 amide bonds. The van der Waals surface area contributed by atoms with Gasteiger partial charge in [-0.3, -0.25) is 4.79 Å². The molecule has 0 aliphatic heterocycles. The van der Waals surface area contributed by atoms with Gasteiger partial charge in [0.2, 0.25) is 5.91 Å². The fraction of sp³-hybridized carbons (Fsp3) is 0.667. The highest BCUT2D eigenvalue weighted by molar-refractivity contribution is 5.81. The first-order chi connectivity index (χ1) is 9.62. The third-order valence-electron chi connectivity index (χ3n) is 3.93. The Balaban J connectivity index is 2.48. The molecule has 0 heterocycles. The Morgan fingerprint density at radius 3 is 2.40 bits per heavy atom. The van der Waals surface area contributed by atoms with E-state index < -0.39 is 0 Å². The lowest BCUT2D eigenvalue weighted by molar-refractivity contribution is -0.125. The van der Waals surface area contributed by atoms with Crippen molar-refractivity contribution in [2.75, 3.05) is 0 Å². The predicted molar refractivity (Wildman–Crippen MR) is 75.6 cm³/mol. The van der Waals surface area contributed by atoms with Crippen LogP contribution in [0.5, 0.6) is 0 Å². The Hall–Kier alpha value is -2.01. The molecule has 0 atom stereocenters. The molecule has 1 aliphatic carbocycles. The summed E-state index contributed by atoms with van der Waals surface area (Å²) in [4.78, 5) is 12.0. The summed E-state index contributed by atoms with van der Waals surface area (Å²) in [5, 5.41) is 20.0. The topological polar surface area (TPSA) is 103 Å². The van der Waals surface area contributed by atoms with E-state index in [2.05, 4.69) is 12.2 Å². The van der Waals surface area contributed by atoms with Gasteiger partial charge in [0.25, 0.3) is 0 Å². The molecule has 1 rings (SSSR count). The molecule has 1 aliphatic rings. The summed E-state index contributed by atoms with van der Waals surface area (Å²) in [6, 6.07) is 3.43. The lowest BCUT2D eigenvalue weighted by Gasteiger charge is -2.27. The number of nitriles is 2. The quantitative estimate of drug-likeness (QED) is 0.751. The Bertz CT molecular complexity index is 447. The molecule has 108 valence electrons. The molecule has 3 N–H and O–H groups in total. The molecule has 1 fully saturated rings. The van der Waals surface area contributed by atoms with Gasteiger partial charge in [0.05, 0.1) is 0 Å². The summed E-state index contributed by atoms with van der Waals surface area (Å²) in [5.41, 5.74) is 4.99. The minimum atomic E-state index is -0.238. The highest BCUT2D eigenvalue weighted by Gasteiger charge is 2.26. The third-order valence-corrected chi connectivity index (χ3v) is 3.93. The number of nitrogens with two attached hydrogens (primary N) is 1. The average Bonchev–Trinajstić information content (AvgIpc) is 2.50. The summed E-state index contributed by atoms with van der Waals surface area (Å²) >= 11 is 0. The molecule has 0 unspecified atom stereocenters. The van der Waals surface area contributed by atoms with Crippen LogP contribution in [0.3, 0.4) is 0 Å². The second-order valence-corrected chi connectivity index (χ2v) is 5.36.